The van der Waals surface area contributed by atoms with Gasteiger partial charge in [-0.15, -0.1) is 0 Å². The van der Waals surface area contributed by atoms with Gasteiger partial charge in [0.2, 0.25) is 0 Å². The molecule has 0 spiro atoms. The van der Waals surface area contributed by atoms with E-state index in [1.54, 1.807) is 0 Å². The van der Waals surface area contributed by atoms with Crippen LogP contribution in [0.4, 0.5) is 0 Å². The van der Waals surface area contributed by atoms with E-state index in [9.17, 15) is 8.42 Å². The van der Waals surface area contributed by atoms with Gasteiger partial charge < -0.3 is 0 Å². The predicted octanol–water partition coefficient (Wildman–Crippen LogP) is 4.34. The van der Waals surface area contributed by atoms with Crippen molar-refractivity contribution in [2.75, 3.05) is 6.26 Å². The minimum atomic E-state index is -2.83. The molecule has 0 heterocycles. The highest BCUT2D eigenvalue weighted by Gasteiger charge is 2.18. The lowest BCUT2D eigenvalue weighted by molar-refractivity contribution is 0.531. The maximum absolute atomic E-state index is 11.5. The summed E-state index contributed by atoms with van der Waals surface area (Å²) in [5.41, 5.74) is 0. The largest absolute Gasteiger partial charge is 0.229 e. The van der Waals surface area contributed by atoms with Gasteiger partial charge in [-0.1, -0.05) is 65.2 Å². The summed E-state index contributed by atoms with van der Waals surface area (Å²) in [7, 11) is -2.83. The highest BCUT2D eigenvalue weighted by molar-refractivity contribution is 7.91. The molecule has 1 atom stereocenters. The molecule has 0 saturated heterocycles. The maximum Gasteiger partial charge on any atom is 0.150 e. The van der Waals surface area contributed by atoms with Gasteiger partial charge in [-0.3, -0.25) is 0 Å². The predicted molar refractivity (Wildman–Crippen MR) is 76.1 cm³/mol. The Morgan fingerprint density at radius 1 is 0.765 bits per heavy atom. The first-order valence-electron chi connectivity index (χ1n) is 7.21. The lowest BCUT2D eigenvalue weighted by Gasteiger charge is -2.13. The Morgan fingerprint density at radius 2 is 1.29 bits per heavy atom. The van der Waals surface area contributed by atoms with Crippen molar-refractivity contribution >= 4 is 9.84 Å². The molecule has 0 unspecified atom stereocenters. The van der Waals surface area contributed by atoms with Crippen LogP contribution < -0.4 is 0 Å². The van der Waals surface area contributed by atoms with E-state index in [0.29, 0.717) is 0 Å². The van der Waals surface area contributed by atoms with Crippen LogP contribution in [0.1, 0.15) is 78.1 Å². The van der Waals surface area contributed by atoms with E-state index in [4.69, 9.17) is 0 Å². The van der Waals surface area contributed by atoms with Crippen molar-refractivity contribution < 1.29 is 8.42 Å². The number of hydrogen-bond acceptors (Lipinski definition) is 2. The van der Waals surface area contributed by atoms with Crippen molar-refractivity contribution in [3.8, 4) is 0 Å². The molecule has 0 aromatic carbocycles. The van der Waals surface area contributed by atoms with Crippen molar-refractivity contribution in [3.63, 3.8) is 0 Å². The third kappa shape index (κ3) is 9.63. The molecule has 0 N–H and O–H groups in total. The van der Waals surface area contributed by atoms with Crippen LogP contribution in [-0.2, 0) is 9.84 Å². The van der Waals surface area contributed by atoms with Gasteiger partial charge in [0.05, 0.1) is 5.25 Å². The second kappa shape index (κ2) is 9.93. The van der Waals surface area contributed by atoms with E-state index >= 15 is 0 Å². The summed E-state index contributed by atoms with van der Waals surface area (Å²) < 4.78 is 23.1. The molecule has 0 rings (SSSR count). The SMILES string of the molecule is CCCCCCCCC[C@@H](CCC)S(C)(=O)=O. The fourth-order valence-electron chi connectivity index (χ4n) is 2.22. The fourth-order valence-corrected chi connectivity index (χ4v) is 3.48. The molecule has 104 valence electrons. The molecule has 0 aliphatic rings. The molecule has 0 radical (unpaired) electrons. The molecule has 0 fully saturated rings. The molecule has 3 heteroatoms. The molecule has 0 aromatic rings. The first-order valence-corrected chi connectivity index (χ1v) is 9.16. The van der Waals surface area contributed by atoms with E-state index in [1.807, 2.05) is 0 Å². The molecule has 0 aromatic heterocycles. The monoisotopic (exact) mass is 262 g/mol. The Balaban J connectivity index is 3.62. The number of rotatable bonds is 11. The molecular formula is C14H30O2S. The van der Waals surface area contributed by atoms with Crippen molar-refractivity contribution in [2.45, 2.75) is 83.3 Å². The van der Waals surface area contributed by atoms with Gasteiger partial charge >= 0.3 is 0 Å². The highest BCUT2D eigenvalue weighted by Crippen LogP contribution is 2.17. The molecule has 0 amide bonds. The normalized spacial score (nSPS) is 13.8. The summed E-state index contributed by atoms with van der Waals surface area (Å²) in [6.45, 7) is 4.28. The Kier molecular flexibility index (Phi) is 9.90. The molecule has 0 bridgehead atoms. The van der Waals surface area contributed by atoms with Crippen LogP contribution in [-0.4, -0.2) is 19.9 Å². The number of sulfone groups is 1. The maximum atomic E-state index is 11.5. The van der Waals surface area contributed by atoms with Gasteiger partial charge in [0.25, 0.3) is 0 Å². The lowest BCUT2D eigenvalue weighted by atomic mass is 10.1. The van der Waals surface area contributed by atoms with E-state index in [1.165, 1.54) is 44.8 Å². The third-order valence-corrected chi connectivity index (χ3v) is 5.03. The average Bonchev–Trinajstić information content (AvgIpc) is 2.25. The molecular weight excluding hydrogens is 232 g/mol. The minimum absolute atomic E-state index is 0.0943. The summed E-state index contributed by atoms with van der Waals surface area (Å²) in [5.74, 6) is 0. The lowest BCUT2D eigenvalue weighted by Crippen LogP contribution is -2.19. The molecule has 0 saturated carbocycles. The zero-order valence-electron chi connectivity index (χ0n) is 11.9. The van der Waals surface area contributed by atoms with Crippen LogP contribution in [0.2, 0.25) is 0 Å². The van der Waals surface area contributed by atoms with Gasteiger partial charge in [-0.2, -0.15) is 0 Å². The van der Waals surface area contributed by atoms with Gasteiger partial charge in [-0.05, 0) is 12.8 Å². The Bertz CT molecular complexity index is 257. The second-order valence-electron chi connectivity index (χ2n) is 5.15. The van der Waals surface area contributed by atoms with Crippen LogP contribution in [0.25, 0.3) is 0 Å². The van der Waals surface area contributed by atoms with Crippen molar-refractivity contribution in [1.82, 2.24) is 0 Å². The standard InChI is InChI=1S/C14H30O2S/c1-4-6-7-8-9-10-11-13-14(12-5-2)17(3,15)16/h14H,4-13H2,1-3H3/t14-/m1/s1. The Labute approximate surface area is 108 Å². The van der Waals surface area contributed by atoms with Crippen LogP contribution in [0.3, 0.4) is 0 Å². The zero-order chi connectivity index (χ0) is 13.1. The van der Waals surface area contributed by atoms with Crippen molar-refractivity contribution in [2.24, 2.45) is 0 Å². The summed E-state index contributed by atoms with van der Waals surface area (Å²) in [4.78, 5) is 0. The minimum Gasteiger partial charge on any atom is -0.229 e. The third-order valence-electron chi connectivity index (χ3n) is 3.35. The van der Waals surface area contributed by atoms with E-state index in [-0.39, 0.29) is 5.25 Å². The number of hydrogen-bond donors (Lipinski definition) is 0. The van der Waals surface area contributed by atoms with Gasteiger partial charge in [-0.25, -0.2) is 8.42 Å². The first-order chi connectivity index (χ1) is 8.02. The van der Waals surface area contributed by atoms with Gasteiger partial charge in [0.1, 0.15) is 9.84 Å². The number of unbranched alkanes of at least 4 members (excludes halogenated alkanes) is 6. The van der Waals surface area contributed by atoms with E-state index in [2.05, 4.69) is 13.8 Å². The highest BCUT2D eigenvalue weighted by atomic mass is 32.2. The topological polar surface area (TPSA) is 34.1 Å². The Morgan fingerprint density at radius 3 is 1.76 bits per heavy atom. The molecule has 17 heavy (non-hydrogen) atoms. The van der Waals surface area contributed by atoms with Gasteiger partial charge in [0.15, 0.2) is 0 Å². The summed E-state index contributed by atoms with van der Waals surface area (Å²) >= 11 is 0. The summed E-state index contributed by atoms with van der Waals surface area (Å²) in [6.07, 6.45) is 12.8. The first kappa shape index (κ1) is 16.9. The van der Waals surface area contributed by atoms with Crippen LogP contribution >= 0.6 is 0 Å². The van der Waals surface area contributed by atoms with Crippen LogP contribution in [0.5, 0.6) is 0 Å². The molecule has 2 nitrogen and oxygen atoms in total. The van der Waals surface area contributed by atoms with E-state index < -0.39 is 9.84 Å². The van der Waals surface area contributed by atoms with Crippen LogP contribution in [0, 0.1) is 0 Å². The van der Waals surface area contributed by atoms with E-state index in [0.717, 1.165) is 25.7 Å². The quantitative estimate of drug-likeness (QED) is 0.519. The second-order valence-corrected chi connectivity index (χ2v) is 7.48. The average molecular weight is 262 g/mol. The smallest absolute Gasteiger partial charge is 0.150 e. The summed E-state index contributed by atoms with van der Waals surface area (Å²) in [5, 5.41) is -0.0943. The van der Waals surface area contributed by atoms with Crippen LogP contribution in [0.15, 0.2) is 0 Å². The fraction of sp³-hybridized carbons (Fsp3) is 1.00. The van der Waals surface area contributed by atoms with Crippen molar-refractivity contribution in [1.29, 1.82) is 0 Å². The zero-order valence-corrected chi connectivity index (χ0v) is 12.7. The summed E-state index contributed by atoms with van der Waals surface area (Å²) in [6, 6.07) is 0. The van der Waals surface area contributed by atoms with Crippen molar-refractivity contribution in [3.05, 3.63) is 0 Å². The molecule has 0 aliphatic carbocycles. The Hall–Kier alpha value is -0.0500. The van der Waals surface area contributed by atoms with Gasteiger partial charge in [0, 0.05) is 6.26 Å². The molecule has 0 aliphatic heterocycles.